The second-order valence-corrected chi connectivity index (χ2v) is 5.76. The molecule has 1 aromatic rings. The van der Waals surface area contributed by atoms with E-state index in [2.05, 4.69) is 15.9 Å². The van der Waals surface area contributed by atoms with Crippen molar-refractivity contribution in [2.24, 2.45) is 0 Å². The number of amides is 1. The van der Waals surface area contributed by atoms with E-state index >= 15 is 0 Å². The van der Waals surface area contributed by atoms with Gasteiger partial charge in [0.1, 0.15) is 0 Å². The number of ether oxygens (including phenoxy) is 2. The third-order valence-electron chi connectivity index (χ3n) is 2.49. The number of nitrogens with zero attached hydrogens (tertiary/aromatic N) is 1. The minimum Gasteiger partial charge on any atom is -0.348 e. The molecule has 0 spiro atoms. The molecule has 6 heteroatoms. The van der Waals surface area contributed by atoms with Gasteiger partial charge in [0.05, 0.1) is 26.2 Å². The minimum absolute atomic E-state index is 0.0819. The molecule has 2 rings (SSSR count). The Balaban J connectivity index is 1.82. The summed E-state index contributed by atoms with van der Waals surface area (Å²) in [5, 5.41) is 1.98. The highest BCUT2D eigenvalue weighted by molar-refractivity contribution is 9.10. The Morgan fingerprint density at radius 2 is 2.29 bits per heavy atom. The van der Waals surface area contributed by atoms with Gasteiger partial charge in [0.2, 0.25) is 5.91 Å². The number of carbonyl (C=O) groups is 1. The van der Waals surface area contributed by atoms with E-state index in [0.29, 0.717) is 26.2 Å². The molecule has 0 unspecified atom stereocenters. The van der Waals surface area contributed by atoms with Crippen LogP contribution in [0.25, 0.3) is 0 Å². The number of thiophene rings is 1. The van der Waals surface area contributed by atoms with E-state index in [9.17, 15) is 4.79 Å². The molecule has 2 heterocycles. The van der Waals surface area contributed by atoms with Crippen molar-refractivity contribution in [2.45, 2.75) is 12.7 Å². The highest BCUT2D eigenvalue weighted by Gasteiger charge is 2.20. The van der Waals surface area contributed by atoms with Gasteiger partial charge < -0.3 is 14.4 Å². The van der Waals surface area contributed by atoms with Crippen molar-refractivity contribution in [1.82, 2.24) is 4.90 Å². The molecule has 1 aliphatic rings. The Bertz CT molecular complexity index is 390. The smallest absolute Gasteiger partial charge is 0.227 e. The van der Waals surface area contributed by atoms with E-state index in [1.165, 1.54) is 0 Å². The third-order valence-corrected chi connectivity index (χ3v) is 4.18. The maximum atomic E-state index is 11.9. The molecule has 1 aromatic heterocycles. The van der Waals surface area contributed by atoms with Crippen molar-refractivity contribution in [1.29, 1.82) is 0 Å². The first-order valence-corrected chi connectivity index (χ1v) is 7.02. The first-order chi connectivity index (χ1) is 8.15. The molecule has 0 aromatic carbocycles. The molecule has 94 valence electrons. The predicted molar refractivity (Wildman–Crippen MR) is 69.1 cm³/mol. The molecule has 1 amide bonds. The minimum atomic E-state index is -0.265. The summed E-state index contributed by atoms with van der Waals surface area (Å²) in [6.07, 6.45) is 0.165. The number of likely N-dealkylation sites (N-methyl/N-ethyl adjacent to an activating group) is 1. The van der Waals surface area contributed by atoms with Crippen LogP contribution in [-0.4, -0.2) is 43.9 Å². The van der Waals surface area contributed by atoms with Gasteiger partial charge in [-0.1, -0.05) is 0 Å². The molecular weight excluding hydrogens is 306 g/mol. The summed E-state index contributed by atoms with van der Waals surface area (Å²) in [4.78, 5) is 14.6. The van der Waals surface area contributed by atoms with Crippen LogP contribution in [0.2, 0.25) is 0 Å². The van der Waals surface area contributed by atoms with Gasteiger partial charge in [0.25, 0.3) is 0 Å². The van der Waals surface area contributed by atoms with Crippen LogP contribution < -0.4 is 0 Å². The first-order valence-electron chi connectivity index (χ1n) is 5.35. The van der Waals surface area contributed by atoms with E-state index in [1.807, 2.05) is 11.4 Å². The predicted octanol–water partition coefficient (Wildman–Crippen LogP) is 1.88. The largest absolute Gasteiger partial charge is 0.348 e. The van der Waals surface area contributed by atoms with Gasteiger partial charge in [-0.15, -0.1) is 11.3 Å². The molecule has 1 fully saturated rings. The highest BCUT2D eigenvalue weighted by Crippen LogP contribution is 2.20. The summed E-state index contributed by atoms with van der Waals surface area (Å²) in [6, 6.07) is 1.97. The quantitative estimate of drug-likeness (QED) is 0.850. The Kier molecular flexibility index (Phi) is 4.55. The van der Waals surface area contributed by atoms with Crippen molar-refractivity contribution >= 4 is 33.2 Å². The molecule has 1 aliphatic heterocycles. The SMILES string of the molecule is CN(CC1OCCO1)C(=O)Cc1cc(Br)cs1. The Morgan fingerprint density at radius 1 is 1.59 bits per heavy atom. The average molecular weight is 320 g/mol. The molecule has 4 nitrogen and oxygen atoms in total. The maximum Gasteiger partial charge on any atom is 0.227 e. The van der Waals surface area contributed by atoms with Gasteiger partial charge >= 0.3 is 0 Å². The zero-order valence-electron chi connectivity index (χ0n) is 9.52. The van der Waals surface area contributed by atoms with E-state index in [0.717, 1.165) is 9.35 Å². The van der Waals surface area contributed by atoms with Crippen LogP contribution in [0.3, 0.4) is 0 Å². The topological polar surface area (TPSA) is 38.8 Å². The fraction of sp³-hybridized carbons (Fsp3) is 0.545. The zero-order chi connectivity index (χ0) is 12.3. The normalized spacial score (nSPS) is 16.4. The number of halogens is 1. The lowest BCUT2D eigenvalue weighted by atomic mass is 10.3. The lowest BCUT2D eigenvalue weighted by molar-refractivity contribution is -0.134. The van der Waals surface area contributed by atoms with Crippen molar-refractivity contribution in [2.75, 3.05) is 26.8 Å². The van der Waals surface area contributed by atoms with Crippen LogP contribution in [0.1, 0.15) is 4.88 Å². The number of carbonyl (C=O) groups excluding carboxylic acids is 1. The fourth-order valence-corrected chi connectivity index (χ4v) is 3.01. The van der Waals surface area contributed by atoms with Crippen LogP contribution in [0.4, 0.5) is 0 Å². The Labute approximate surface area is 113 Å². The van der Waals surface area contributed by atoms with Crippen LogP contribution in [0.5, 0.6) is 0 Å². The van der Waals surface area contributed by atoms with Crippen LogP contribution in [-0.2, 0) is 20.7 Å². The van der Waals surface area contributed by atoms with E-state index < -0.39 is 0 Å². The highest BCUT2D eigenvalue weighted by atomic mass is 79.9. The van der Waals surface area contributed by atoms with Crippen LogP contribution in [0, 0.1) is 0 Å². The van der Waals surface area contributed by atoms with E-state index in [-0.39, 0.29) is 12.2 Å². The number of hydrogen-bond donors (Lipinski definition) is 0. The molecule has 17 heavy (non-hydrogen) atoms. The zero-order valence-corrected chi connectivity index (χ0v) is 11.9. The molecule has 0 saturated carbocycles. The molecule has 0 atom stereocenters. The second-order valence-electron chi connectivity index (χ2n) is 3.85. The Morgan fingerprint density at radius 3 is 2.88 bits per heavy atom. The fourth-order valence-electron chi connectivity index (χ4n) is 1.57. The van der Waals surface area contributed by atoms with Crippen molar-refractivity contribution < 1.29 is 14.3 Å². The van der Waals surface area contributed by atoms with Gasteiger partial charge in [0, 0.05) is 21.8 Å². The molecule has 0 aliphatic carbocycles. The Hall–Kier alpha value is -0.430. The monoisotopic (exact) mass is 319 g/mol. The summed E-state index contributed by atoms with van der Waals surface area (Å²) in [7, 11) is 1.77. The lowest BCUT2D eigenvalue weighted by Gasteiger charge is -2.19. The maximum absolute atomic E-state index is 11.9. The molecule has 1 saturated heterocycles. The van der Waals surface area contributed by atoms with Gasteiger partial charge in [-0.2, -0.15) is 0 Å². The van der Waals surface area contributed by atoms with Crippen LogP contribution in [0.15, 0.2) is 15.9 Å². The molecule has 0 N–H and O–H groups in total. The molecular formula is C11H14BrNO3S. The van der Waals surface area contributed by atoms with Crippen molar-refractivity contribution in [3.05, 3.63) is 20.8 Å². The van der Waals surface area contributed by atoms with Gasteiger partial charge in [-0.25, -0.2) is 0 Å². The molecule has 0 radical (unpaired) electrons. The number of hydrogen-bond acceptors (Lipinski definition) is 4. The summed E-state index contributed by atoms with van der Waals surface area (Å²) in [5.41, 5.74) is 0. The summed E-state index contributed by atoms with van der Waals surface area (Å²) < 4.78 is 11.6. The van der Waals surface area contributed by atoms with Gasteiger partial charge in [0.15, 0.2) is 6.29 Å². The van der Waals surface area contributed by atoms with E-state index in [1.54, 1.807) is 23.3 Å². The van der Waals surface area contributed by atoms with Crippen LogP contribution >= 0.6 is 27.3 Å². The average Bonchev–Trinajstić information content (AvgIpc) is 2.90. The van der Waals surface area contributed by atoms with E-state index in [4.69, 9.17) is 9.47 Å². The summed E-state index contributed by atoms with van der Waals surface area (Å²) >= 11 is 4.96. The van der Waals surface area contributed by atoms with Gasteiger partial charge in [-0.3, -0.25) is 4.79 Å². The van der Waals surface area contributed by atoms with Crippen molar-refractivity contribution in [3.63, 3.8) is 0 Å². The summed E-state index contributed by atoms with van der Waals surface area (Å²) in [6.45, 7) is 1.72. The first kappa shape index (κ1) is 13.0. The number of rotatable bonds is 4. The third kappa shape index (κ3) is 3.77. The standard InChI is InChI=1S/C11H14BrNO3S/c1-13(6-11-15-2-3-16-11)10(14)5-9-4-8(12)7-17-9/h4,7,11H,2-3,5-6H2,1H3. The van der Waals surface area contributed by atoms with Crippen molar-refractivity contribution in [3.8, 4) is 0 Å². The summed E-state index contributed by atoms with van der Waals surface area (Å²) in [5.74, 6) is 0.0819. The second kappa shape index (κ2) is 5.95. The molecule has 0 bridgehead atoms. The lowest BCUT2D eigenvalue weighted by Crippen LogP contribution is -2.35. The van der Waals surface area contributed by atoms with Gasteiger partial charge in [-0.05, 0) is 22.0 Å².